The molecule has 0 radical (unpaired) electrons. The van der Waals surface area contributed by atoms with E-state index in [4.69, 9.17) is 14.2 Å². The number of carbonyl (C=O) groups is 2. The van der Waals surface area contributed by atoms with Crippen LogP contribution in [0.3, 0.4) is 0 Å². The summed E-state index contributed by atoms with van der Waals surface area (Å²) in [5, 5.41) is 2.29. The first-order valence-corrected chi connectivity index (χ1v) is 6.27. The smallest absolute Gasteiger partial charge is 0.325 e. The molecule has 1 aliphatic rings. The normalized spacial score (nSPS) is 17.9. The molecule has 0 bridgehead atoms. The molecular formula is C12H22N2O5. The first-order chi connectivity index (χ1) is 9.00. The van der Waals surface area contributed by atoms with Crippen LogP contribution in [0.4, 0.5) is 4.79 Å². The fourth-order valence-corrected chi connectivity index (χ4v) is 1.70. The molecule has 0 unspecified atom stereocenters. The zero-order valence-electron chi connectivity index (χ0n) is 11.7. The highest BCUT2D eigenvalue weighted by atomic mass is 16.5. The van der Waals surface area contributed by atoms with Crippen molar-refractivity contribution in [1.29, 1.82) is 0 Å². The van der Waals surface area contributed by atoms with Crippen LogP contribution in [-0.4, -0.2) is 69.1 Å². The first-order valence-electron chi connectivity index (χ1n) is 6.27. The number of rotatable bonds is 9. The lowest BCUT2D eigenvalue weighted by Gasteiger charge is -2.27. The van der Waals surface area contributed by atoms with Gasteiger partial charge < -0.3 is 19.1 Å². The minimum Gasteiger partial charge on any atom is -0.382 e. The van der Waals surface area contributed by atoms with E-state index in [1.165, 1.54) is 4.90 Å². The molecule has 0 atom stereocenters. The van der Waals surface area contributed by atoms with Gasteiger partial charge in [-0.2, -0.15) is 0 Å². The summed E-state index contributed by atoms with van der Waals surface area (Å²) in [6, 6.07) is -0.366. The summed E-state index contributed by atoms with van der Waals surface area (Å²) < 4.78 is 15.4. The van der Waals surface area contributed by atoms with Crippen molar-refractivity contribution in [3.05, 3.63) is 0 Å². The van der Waals surface area contributed by atoms with E-state index in [0.29, 0.717) is 39.6 Å². The van der Waals surface area contributed by atoms with Crippen LogP contribution in [0.25, 0.3) is 0 Å². The van der Waals surface area contributed by atoms with E-state index in [0.717, 1.165) is 0 Å². The van der Waals surface area contributed by atoms with Gasteiger partial charge in [-0.3, -0.25) is 10.1 Å². The maximum atomic E-state index is 11.5. The molecule has 1 rings (SSSR count). The number of amides is 3. The highest BCUT2D eigenvalue weighted by molar-refractivity contribution is 6.06. The molecular weight excluding hydrogens is 252 g/mol. The summed E-state index contributed by atoms with van der Waals surface area (Å²) in [4.78, 5) is 24.5. The van der Waals surface area contributed by atoms with Crippen LogP contribution < -0.4 is 5.32 Å². The van der Waals surface area contributed by atoms with Crippen molar-refractivity contribution in [3.63, 3.8) is 0 Å². The van der Waals surface area contributed by atoms with Gasteiger partial charge in [-0.25, -0.2) is 4.79 Å². The van der Waals surface area contributed by atoms with Crippen LogP contribution in [0.5, 0.6) is 0 Å². The Bertz CT molecular complexity index is 319. The van der Waals surface area contributed by atoms with E-state index in [2.05, 4.69) is 5.32 Å². The van der Waals surface area contributed by atoms with E-state index >= 15 is 0 Å². The number of imide groups is 1. The number of hydrogen-bond acceptors (Lipinski definition) is 5. The van der Waals surface area contributed by atoms with Crippen molar-refractivity contribution in [1.82, 2.24) is 10.2 Å². The number of urea groups is 1. The average Bonchev–Trinajstić information content (AvgIpc) is 2.54. The maximum absolute atomic E-state index is 11.5. The van der Waals surface area contributed by atoms with Crippen molar-refractivity contribution >= 4 is 11.9 Å². The Morgan fingerprint density at radius 2 is 1.63 bits per heavy atom. The molecule has 0 aromatic carbocycles. The summed E-state index contributed by atoms with van der Waals surface area (Å²) in [7, 11) is 1.62. The maximum Gasteiger partial charge on any atom is 0.325 e. The number of ether oxygens (including phenoxy) is 3. The Morgan fingerprint density at radius 3 is 2.16 bits per heavy atom. The second-order valence-corrected chi connectivity index (χ2v) is 4.69. The second kappa shape index (κ2) is 7.42. The molecule has 0 aromatic heterocycles. The molecule has 0 saturated carbocycles. The zero-order chi connectivity index (χ0) is 14.3. The second-order valence-electron chi connectivity index (χ2n) is 4.69. The molecule has 1 aliphatic heterocycles. The molecule has 1 fully saturated rings. The van der Waals surface area contributed by atoms with Crippen molar-refractivity contribution < 1.29 is 23.8 Å². The molecule has 1 heterocycles. The van der Waals surface area contributed by atoms with Gasteiger partial charge >= 0.3 is 6.03 Å². The Balaban J connectivity index is 2.12. The average molecular weight is 274 g/mol. The van der Waals surface area contributed by atoms with Crippen LogP contribution in [0.2, 0.25) is 0 Å². The van der Waals surface area contributed by atoms with Gasteiger partial charge in [-0.05, 0) is 13.8 Å². The van der Waals surface area contributed by atoms with Gasteiger partial charge in [0.15, 0.2) is 0 Å². The Morgan fingerprint density at radius 1 is 1.05 bits per heavy atom. The van der Waals surface area contributed by atoms with Gasteiger partial charge in [0.2, 0.25) is 0 Å². The van der Waals surface area contributed by atoms with E-state index < -0.39 is 5.54 Å². The van der Waals surface area contributed by atoms with Gasteiger partial charge in [0.25, 0.3) is 5.91 Å². The number of nitrogens with zero attached hydrogens (tertiary/aromatic N) is 1. The van der Waals surface area contributed by atoms with Crippen LogP contribution >= 0.6 is 0 Å². The fourth-order valence-electron chi connectivity index (χ4n) is 1.70. The van der Waals surface area contributed by atoms with Gasteiger partial charge in [-0.1, -0.05) is 0 Å². The van der Waals surface area contributed by atoms with Crippen molar-refractivity contribution in [3.8, 4) is 0 Å². The standard InChI is InChI=1S/C12H22N2O5/c1-12(2)10(15)13-11(16)14(12)4-5-18-8-9-19-7-6-17-3/h4-9H2,1-3H3,(H,13,15,16). The quantitative estimate of drug-likeness (QED) is 0.473. The summed E-state index contributed by atoms with van der Waals surface area (Å²) in [5.41, 5.74) is -0.810. The Hall–Kier alpha value is -1.18. The largest absolute Gasteiger partial charge is 0.382 e. The van der Waals surface area contributed by atoms with Gasteiger partial charge in [0.05, 0.1) is 33.0 Å². The van der Waals surface area contributed by atoms with E-state index in [-0.39, 0.29) is 11.9 Å². The molecule has 7 heteroatoms. The van der Waals surface area contributed by atoms with E-state index in [9.17, 15) is 9.59 Å². The van der Waals surface area contributed by atoms with Crippen LogP contribution in [0.15, 0.2) is 0 Å². The Labute approximate surface area is 113 Å². The van der Waals surface area contributed by atoms with Gasteiger partial charge in [0, 0.05) is 13.7 Å². The monoisotopic (exact) mass is 274 g/mol. The molecule has 1 N–H and O–H groups in total. The Kier molecular flexibility index (Phi) is 6.20. The van der Waals surface area contributed by atoms with Crippen molar-refractivity contribution in [2.45, 2.75) is 19.4 Å². The molecule has 0 spiro atoms. The molecule has 3 amide bonds. The fraction of sp³-hybridized carbons (Fsp3) is 0.833. The van der Waals surface area contributed by atoms with Crippen LogP contribution in [0.1, 0.15) is 13.8 Å². The third-order valence-corrected chi connectivity index (χ3v) is 2.96. The molecule has 19 heavy (non-hydrogen) atoms. The summed E-state index contributed by atoms with van der Waals surface area (Å²) >= 11 is 0. The lowest BCUT2D eigenvalue weighted by molar-refractivity contribution is -0.125. The van der Waals surface area contributed by atoms with Gasteiger partial charge in [0.1, 0.15) is 5.54 Å². The molecule has 1 saturated heterocycles. The third kappa shape index (κ3) is 4.45. The lowest BCUT2D eigenvalue weighted by atomic mass is 10.1. The summed E-state index contributed by atoms with van der Waals surface area (Å²) in [5.74, 6) is -0.277. The van der Waals surface area contributed by atoms with E-state index in [1.807, 2.05) is 0 Å². The molecule has 0 aromatic rings. The predicted octanol–water partition coefficient (Wildman–Crippen LogP) is -0.00360. The number of methoxy groups -OCH3 is 1. The van der Waals surface area contributed by atoms with Crippen LogP contribution in [0, 0.1) is 0 Å². The summed E-state index contributed by atoms with van der Waals surface area (Å²) in [6.45, 7) is 6.20. The number of carbonyl (C=O) groups excluding carboxylic acids is 2. The number of nitrogens with one attached hydrogen (secondary N) is 1. The van der Waals surface area contributed by atoms with Crippen molar-refractivity contribution in [2.24, 2.45) is 0 Å². The number of hydrogen-bond donors (Lipinski definition) is 1. The summed E-state index contributed by atoms with van der Waals surface area (Å²) in [6.07, 6.45) is 0. The minimum atomic E-state index is -0.810. The predicted molar refractivity (Wildman–Crippen MR) is 67.8 cm³/mol. The van der Waals surface area contributed by atoms with Gasteiger partial charge in [-0.15, -0.1) is 0 Å². The highest BCUT2D eigenvalue weighted by Gasteiger charge is 2.44. The highest BCUT2D eigenvalue weighted by Crippen LogP contribution is 2.19. The molecule has 0 aliphatic carbocycles. The van der Waals surface area contributed by atoms with Crippen molar-refractivity contribution in [2.75, 3.05) is 46.7 Å². The SMILES string of the molecule is COCCOCCOCCN1C(=O)NC(=O)C1(C)C. The van der Waals surface area contributed by atoms with E-state index in [1.54, 1.807) is 21.0 Å². The molecule has 7 nitrogen and oxygen atoms in total. The minimum absolute atomic E-state index is 0.277. The third-order valence-electron chi connectivity index (χ3n) is 2.96. The lowest BCUT2D eigenvalue weighted by Crippen LogP contribution is -2.45. The zero-order valence-corrected chi connectivity index (χ0v) is 11.7. The topological polar surface area (TPSA) is 77.1 Å². The first kappa shape index (κ1) is 15.9. The molecule has 110 valence electrons. The van der Waals surface area contributed by atoms with Crippen LogP contribution in [-0.2, 0) is 19.0 Å².